The van der Waals surface area contributed by atoms with Crippen molar-refractivity contribution in [1.82, 2.24) is 10.2 Å². The Kier molecular flexibility index (Phi) is 10.2. The predicted molar refractivity (Wildman–Crippen MR) is 145 cm³/mol. The third-order valence-electron chi connectivity index (χ3n) is 6.60. The summed E-state index contributed by atoms with van der Waals surface area (Å²) in [5, 5.41) is 3.47. The van der Waals surface area contributed by atoms with Crippen LogP contribution in [0, 0.1) is 0 Å². The predicted octanol–water partition coefficient (Wildman–Crippen LogP) is 5.64. The first kappa shape index (κ1) is 31.0. The van der Waals surface area contributed by atoms with Gasteiger partial charge < -0.3 is 10.2 Å². The van der Waals surface area contributed by atoms with Gasteiger partial charge in [0.1, 0.15) is 12.6 Å². The van der Waals surface area contributed by atoms with E-state index >= 15 is 0 Å². The summed E-state index contributed by atoms with van der Waals surface area (Å²) in [7, 11) is -4.18. The van der Waals surface area contributed by atoms with Gasteiger partial charge in [-0.15, -0.1) is 0 Å². The Hall–Kier alpha value is -2.50. The van der Waals surface area contributed by atoms with Crippen LogP contribution < -0.4 is 9.62 Å². The third-order valence-corrected chi connectivity index (χ3v) is 8.48. The van der Waals surface area contributed by atoms with Gasteiger partial charge in [-0.2, -0.15) is 13.2 Å². The Balaban J connectivity index is 1.92. The second-order valence-electron chi connectivity index (χ2n) is 9.61. The minimum absolute atomic E-state index is 0.0340. The van der Waals surface area contributed by atoms with Crippen molar-refractivity contribution in [3.8, 4) is 0 Å². The van der Waals surface area contributed by atoms with Gasteiger partial charge in [-0.25, -0.2) is 8.42 Å². The summed E-state index contributed by atoms with van der Waals surface area (Å²) in [6, 6.07) is 7.32. The summed E-state index contributed by atoms with van der Waals surface area (Å²) in [5.74, 6) is -1.20. The molecule has 1 fully saturated rings. The molecule has 1 aliphatic rings. The van der Waals surface area contributed by atoms with Crippen LogP contribution in [-0.2, 0) is 32.3 Å². The molecule has 39 heavy (non-hydrogen) atoms. The minimum Gasteiger partial charge on any atom is -0.352 e. The SMILES string of the molecule is C[C@H](C(=O)NC1CCCCC1)N(Cc1ccc(Cl)c(Cl)c1)C(=O)CN(c1cccc(C(F)(F)F)c1)S(C)(=O)=O. The molecule has 1 N–H and O–H groups in total. The lowest BCUT2D eigenvalue weighted by Crippen LogP contribution is -2.53. The quantitative estimate of drug-likeness (QED) is 0.399. The largest absolute Gasteiger partial charge is 0.416 e. The Morgan fingerprint density at radius 1 is 1.05 bits per heavy atom. The lowest BCUT2D eigenvalue weighted by molar-refractivity contribution is -0.139. The number of sulfonamides is 1. The second kappa shape index (κ2) is 12.8. The molecule has 0 spiro atoms. The maximum Gasteiger partial charge on any atom is 0.416 e. The highest BCUT2D eigenvalue weighted by atomic mass is 35.5. The number of amides is 2. The fourth-order valence-electron chi connectivity index (χ4n) is 4.44. The average Bonchev–Trinajstić information content (AvgIpc) is 2.86. The van der Waals surface area contributed by atoms with E-state index in [1.807, 2.05) is 0 Å². The number of carbonyl (C=O) groups excluding carboxylic acids is 2. The van der Waals surface area contributed by atoms with Crippen molar-refractivity contribution in [2.24, 2.45) is 0 Å². The van der Waals surface area contributed by atoms with Gasteiger partial charge in [-0.1, -0.05) is 54.6 Å². The van der Waals surface area contributed by atoms with Crippen molar-refractivity contribution in [2.45, 2.75) is 63.8 Å². The van der Waals surface area contributed by atoms with Crippen LogP contribution in [0.4, 0.5) is 18.9 Å². The molecular formula is C26H30Cl2F3N3O4S. The van der Waals surface area contributed by atoms with E-state index < -0.39 is 46.2 Å². The van der Waals surface area contributed by atoms with Gasteiger partial charge in [-0.3, -0.25) is 13.9 Å². The number of halogens is 5. The molecule has 0 bridgehead atoms. The molecule has 0 saturated heterocycles. The molecule has 1 atom stereocenters. The van der Waals surface area contributed by atoms with Crippen molar-refractivity contribution >= 4 is 50.7 Å². The summed E-state index contributed by atoms with van der Waals surface area (Å²) < 4.78 is 65.7. The summed E-state index contributed by atoms with van der Waals surface area (Å²) >= 11 is 12.1. The van der Waals surface area contributed by atoms with Crippen LogP contribution in [0.2, 0.25) is 10.0 Å². The van der Waals surface area contributed by atoms with Crippen LogP contribution in [-0.4, -0.2) is 50.0 Å². The zero-order valence-electron chi connectivity index (χ0n) is 21.5. The summed E-state index contributed by atoms with van der Waals surface area (Å²) in [6.07, 6.45) is 0.753. The Morgan fingerprint density at radius 3 is 2.31 bits per heavy atom. The molecule has 1 aliphatic carbocycles. The number of hydrogen-bond acceptors (Lipinski definition) is 4. The molecule has 3 rings (SSSR count). The fraction of sp³-hybridized carbons (Fsp3) is 0.462. The number of nitrogens with zero attached hydrogens (tertiary/aromatic N) is 2. The first-order valence-corrected chi connectivity index (χ1v) is 15.0. The van der Waals surface area contributed by atoms with Gasteiger partial charge in [0.15, 0.2) is 0 Å². The van der Waals surface area contributed by atoms with Gasteiger partial charge in [0.2, 0.25) is 21.8 Å². The monoisotopic (exact) mass is 607 g/mol. The molecule has 0 radical (unpaired) electrons. The number of benzene rings is 2. The van der Waals surface area contributed by atoms with Crippen molar-refractivity contribution in [3.63, 3.8) is 0 Å². The topological polar surface area (TPSA) is 86.8 Å². The molecule has 7 nitrogen and oxygen atoms in total. The highest BCUT2D eigenvalue weighted by Crippen LogP contribution is 2.32. The number of alkyl halides is 3. The Labute approximate surface area is 236 Å². The third kappa shape index (κ3) is 8.49. The van der Waals surface area contributed by atoms with Crippen LogP contribution in [0.25, 0.3) is 0 Å². The van der Waals surface area contributed by atoms with Crippen molar-refractivity contribution in [3.05, 3.63) is 63.6 Å². The molecule has 0 aliphatic heterocycles. The van der Waals surface area contributed by atoms with E-state index in [0.717, 1.165) is 50.5 Å². The molecule has 214 valence electrons. The van der Waals surface area contributed by atoms with Crippen molar-refractivity contribution in [2.75, 3.05) is 17.1 Å². The van der Waals surface area contributed by atoms with E-state index in [9.17, 15) is 31.2 Å². The molecule has 0 heterocycles. The Morgan fingerprint density at radius 2 is 1.72 bits per heavy atom. The van der Waals surface area contributed by atoms with E-state index in [2.05, 4.69) is 5.32 Å². The van der Waals surface area contributed by atoms with Crippen LogP contribution >= 0.6 is 23.2 Å². The van der Waals surface area contributed by atoms with Gasteiger partial charge in [0.25, 0.3) is 0 Å². The molecule has 2 aromatic carbocycles. The van der Waals surface area contributed by atoms with Gasteiger partial charge in [-0.05, 0) is 55.7 Å². The molecular weight excluding hydrogens is 578 g/mol. The van der Waals surface area contributed by atoms with Crippen LogP contribution in [0.15, 0.2) is 42.5 Å². The van der Waals surface area contributed by atoms with Crippen molar-refractivity contribution < 1.29 is 31.2 Å². The van der Waals surface area contributed by atoms with Gasteiger partial charge in [0.05, 0.1) is 27.6 Å². The molecule has 13 heteroatoms. The summed E-state index contributed by atoms with van der Waals surface area (Å²) in [5.41, 5.74) is -0.858. The molecule has 0 unspecified atom stereocenters. The van der Waals surface area contributed by atoms with Crippen LogP contribution in [0.1, 0.15) is 50.2 Å². The Bertz CT molecular complexity index is 1300. The lowest BCUT2D eigenvalue weighted by Gasteiger charge is -2.33. The van der Waals surface area contributed by atoms with Crippen LogP contribution in [0.5, 0.6) is 0 Å². The molecule has 2 amide bonds. The highest BCUT2D eigenvalue weighted by molar-refractivity contribution is 7.92. The average molecular weight is 609 g/mol. The highest BCUT2D eigenvalue weighted by Gasteiger charge is 2.34. The second-order valence-corrected chi connectivity index (χ2v) is 12.3. The summed E-state index contributed by atoms with van der Waals surface area (Å²) in [4.78, 5) is 28.0. The number of rotatable bonds is 9. The molecule has 0 aromatic heterocycles. The standard InChI is InChI=1S/C26H30Cl2F3N3O4S/c1-17(25(36)32-20-8-4-3-5-9-20)33(15-18-11-12-22(27)23(28)13-18)24(35)16-34(39(2,37)38)21-10-6-7-19(14-21)26(29,30)31/h6-7,10-14,17,20H,3-5,8-9,15-16H2,1-2H3,(H,32,36)/t17-/m1/s1. The van der Waals surface area contributed by atoms with Crippen LogP contribution in [0.3, 0.4) is 0 Å². The number of carbonyl (C=O) groups is 2. The first-order chi connectivity index (χ1) is 18.2. The van der Waals surface area contributed by atoms with E-state index in [1.165, 1.54) is 30.0 Å². The van der Waals surface area contributed by atoms with Gasteiger partial charge >= 0.3 is 6.18 Å². The van der Waals surface area contributed by atoms with E-state index in [4.69, 9.17) is 23.2 Å². The molecule has 2 aromatic rings. The first-order valence-electron chi connectivity index (χ1n) is 12.4. The maximum atomic E-state index is 13.6. The lowest BCUT2D eigenvalue weighted by atomic mass is 9.95. The van der Waals surface area contributed by atoms with E-state index in [1.54, 1.807) is 6.07 Å². The summed E-state index contributed by atoms with van der Waals surface area (Å²) in [6.45, 7) is 0.584. The number of anilines is 1. The van der Waals surface area contributed by atoms with Crippen molar-refractivity contribution in [1.29, 1.82) is 0 Å². The zero-order chi connectivity index (χ0) is 29.0. The zero-order valence-corrected chi connectivity index (χ0v) is 23.8. The smallest absolute Gasteiger partial charge is 0.352 e. The number of nitrogens with one attached hydrogen (secondary N) is 1. The van der Waals surface area contributed by atoms with Gasteiger partial charge in [0, 0.05) is 12.6 Å². The number of hydrogen-bond donors (Lipinski definition) is 1. The fourth-order valence-corrected chi connectivity index (χ4v) is 5.60. The van der Waals surface area contributed by atoms with E-state index in [-0.39, 0.29) is 28.3 Å². The minimum atomic E-state index is -4.71. The normalized spacial score (nSPS) is 15.5. The maximum absolute atomic E-state index is 13.6. The molecule has 1 saturated carbocycles. The van der Waals surface area contributed by atoms with E-state index in [0.29, 0.717) is 15.9 Å².